The fourth-order valence-electron chi connectivity index (χ4n) is 3.25. The van der Waals surface area contributed by atoms with Crippen molar-refractivity contribution in [3.63, 3.8) is 0 Å². The average molecular weight is 364 g/mol. The Morgan fingerprint density at radius 2 is 1.93 bits per heavy atom. The second-order valence-electron chi connectivity index (χ2n) is 6.49. The van der Waals surface area contributed by atoms with Gasteiger partial charge in [-0.25, -0.2) is 0 Å². The summed E-state index contributed by atoms with van der Waals surface area (Å²) in [5.41, 5.74) is 2.33. The highest BCUT2D eigenvalue weighted by molar-refractivity contribution is 5.91. The van der Waals surface area contributed by atoms with E-state index in [0.717, 1.165) is 44.2 Å². The molecule has 1 heterocycles. The lowest BCUT2D eigenvalue weighted by atomic mass is 10.2. The monoisotopic (exact) mass is 364 g/mol. The van der Waals surface area contributed by atoms with E-state index in [-0.39, 0.29) is 5.91 Å². The van der Waals surface area contributed by atoms with Crippen molar-refractivity contribution in [1.29, 1.82) is 5.26 Å². The summed E-state index contributed by atoms with van der Waals surface area (Å²) in [4.78, 5) is 16.8. The van der Waals surface area contributed by atoms with Gasteiger partial charge in [-0.1, -0.05) is 18.2 Å². The van der Waals surface area contributed by atoms with Crippen LogP contribution in [0.4, 0.5) is 11.4 Å². The Bertz CT molecular complexity index is 823. The van der Waals surface area contributed by atoms with Crippen LogP contribution in [0.25, 0.3) is 0 Å². The van der Waals surface area contributed by atoms with Crippen LogP contribution in [0.5, 0.6) is 5.75 Å². The van der Waals surface area contributed by atoms with E-state index in [1.807, 2.05) is 18.2 Å². The molecule has 0 aliphatic carbocycles. The van der Waals surface area contributed by atoms with Crippen molar-refractivity contribution in [2.24, 2.45) is 0 Å². The minimum atomic E-state index is -0.0303. The number of nitrogens with one attached hydrogen (secondary N) is 1. The molecule has 1 fully saturated rings. The number of carbonyl (C=O) groups excluding carboxylic acids is 1. The summed E-state index contributed by atoms with van der Waals surface area (Å²) >= 11 is 0. The third-order valence-corrected chi connectivity index (χ3v) is 4.73. The molecule has 1 aliphatic heterocycles. The smallest absolute Gasteiger partial charge is 0.225 e. The summed E-state index contributed by atoms with van der Waals surface area (Å²) in [5.74, 6) is 0.863. The molecule has 6 nitrogen and oxygen atoms in total. The van der Waals surface area contributed by atoms with Crippen molar-refractivity contribution in [3.8, 4) is 11.8 Å². The molecular weight excluding hydrogens is 340 g/mol. The first kappa shape index (κ1) is 18.7. The fraction of sp³-hybridized carbons (Fsp3) is 0.333. The molecule has 0 radical (unpaired) electrons. The van der Waals surface area contributed by atoms with Gasteiger partial charge in [-0.05, 0) is 30.3 Å². The van der Waals surface area contributed by atoms with E-state index in [1.165, 1.54) is 0 Å². The predicted octanol–water partition coefficient (Wildman–Crippen LogP) is 2.72. The number of rotatable bonds is 6. The number of ether oxygens (including phenoxy) is 1. The van der Waals surface area contributed by atoms with E-state index in [9.17, 15) is 4.79 Å². The molecule has 0 saturated carbocycles. The van der Waals surface area contributed by atoms with Gasteiger partial charge in [-0.2, -0.15) is 5.26 Å². The van der Waals surface area contributed by atoms with E-state index in [2.05, 4.69) is 27.3 Å². The molecule has 2 aromatic carbocycles. The standard InChI is InChI=1S/C21H24N4O2/c1-27-20-8-3-2-7-19(20)25-13-11-24(12-14-25)10-9-21(26)23-18-6-4-5-17(15-18)16-22/h2-8,15H,9-14H2,1H3,(H,23,26). The van der Waals surface area contributed by atoms with Crippen LogP contribution in [-0.2, 0) is 4.79 Å². The molecule has 1 aliphatic rings. The highest BCUT2D eigenvalue weighted by Gasteiger charge is 2.19. The number of benzene rings is 2. The van der Waals surface area contributed by atoms with Gasteiger partial charge in [0.1, 0.15) is 5.75 Å². The molecule has 140 valence electrons. The molecule has 0 atom stereocenters. The predicted molar refractivity (Wildman–Crippen MR) is 106 cm³/mol. The van der Waals surface area contributed by atoms with Crippen LogP contribution < -0.4 is 15.0 Å². The quantitative estimate of drug-likeness (QED) is 0.854. The number of nitrogens with zero attached hydrogens (tertiary/aromatic N) is 3. The topological polar surface area (TPSA) is 68.6 Å². The molecular formula is C21H24N4O2. The minimum absolute atomic E-state index is 0.0303. The maximum Gasteiger partial charge on any atom is 0.225 e. The number of carbonyl (C=O) groups is 1. The molecule has 6 heteroatoms. The Hall–Kier alpha value is -3.04. The van der Waals surface area contributed by atoms with Crippen LogP contribution in [-0.4, -0.2) is 50.6 Å². The van der Waals surface area contributed by atoms with Crippen molar-refractivity contribution in [3.05, 3.63) is 54.1 Å². The van der Waals surface area contributed by atoms with Gasteiger partial charge in [0.15, 0.2) is 0 Å². The lowest BCUT2D eigenvalue weighted by Gasteiger charge is -2.36. The van der Waals surface area contributed by atoms with Gasteiger partial charge in [0.2, 0.25) is 5.91 Å². The van der Waals surface area contributed by atoms with Crippen molar-refractivity contribution in [2.75, 3.05) is 50.1 Å². The van der Waals surface area contributed by atoms with E-state index in [4.69, 9.17) is 10.00 Å². The maximum atomic E-state index is 12.2. The Morgan fingerprint density at radius 1 is 1.15 bits per heavy atom. The molecule has 0 aromatic heterocycles. The lowest BCUT2D eigenvalue weighted by Crippen LogP contribution is -2.47. The van der Waals surface area contributed by atoms with Gasteiger partial charge in [-0.15, -0.1) is 0 Å². The second-order valence-corrected chi connectivity index (χ2v) is 6.49. The minimum Gasteiger partial charge on any atom is -0.495 e. The normalized spacial score (nSPS) is 14.4. The van der Waals surface area contributed by atoms with Crippen LogP contribution in [0.3, 0.4) is 0 Å². The molecule has 1 N–H and O–H groups in total. The SMILES string of the molecule is COc1ccccc1N1CCN(CCC(=O)Nc2cccc(C#N)c2)CC1. The fourth-order valence-corrected chi connectivity index (χ4v) is 3.25. The summed E-state index contributed by atoms with van der Waals surface area (Å²) < 4.78 is 5.45. The van der Waals surface area contributed by atoms with Crippen LogP contribution >= 0.6 is 0 Å². The van der Waals surface area contributed by atoms with E-state index in [0.29, 0.717) is 17.7 Å². The van der Waals surface area contributed by atoms with E-state index >= 15 is 0 Å². The first-order chi connectivity index (χ1) is 13.2. The van der Waals surface area contributed by atoms with Crippen molar-refractivity contribution in [1.82, 2.24) is 4.90 Å². The number of amides is 1. The molecule has 27 heavy (non-hydrogen) atoms. The van der Waals surface area contributed by atoms with Gasteiger partial charge in [0, 0.05) is 44.8 Å². The Morgan fingerprint density at radius 3 is 2.67 bits per heavy atom. The zero-order valence-corrected chi connectivity index (χ0v) is 15.5. The first-order valence-corrected chi connectivity index (χ1v) is 9.10. The Labute approximate surface area is 160 Å². The van der Waals surface area contributed by atoms with Gasteiger partial charge in [-0.3, -0.25) is 9.69 Å². The van der Waals surface area contributed by atoms with Gasteiger partial charge in [0.25, 0.3) is 0 Å². The van der Waals surface area contributed by atoms with Crippen LogP contribution in [0.1, 0.15) is 12.0 Å². The average Bonchev–Trinajstić information content (AvgIpc) is 2.72. The summed E-state index contributed by atoms with van der Waals surface area (Å²) in [7, 11) is 1.69. The lowest BCUT2D eigenvalue weighted by molar-refractivity contribution is -0.116. The second kappa shape index (κ2) is 9.06. The number of hydrogen-bond donors (Lipinski definition) is 1. The number of anilines is 2. The Kier molecular flexibility index (Phi) is 6.29. The molecule has 1 saturated heterocycles. The highest BCUT2D eigenvalue weighted by Crippen LogP contribution is 2.28. The number of para-hydroxylation sites is 2. The third-order valence-electron chi connectivity index (χ3n) is 4.73. The van der Waals surface area contributed by atoms with Crippen LogP contribution in [0, 0.1) is 11.3 Å². The largest absolute Gasteiger partial charge is 0.495 e. The van der Waals surface area contributed by atoms with Crippen molar-refractivity contribution in [2.45, 2.75) is 6.42 Å². The zero-order valence-electron chi connectivity index (χ0n) is 15.5. The molecule has 0 spiro atoms. The maximum absolute atomic E-state index is 12.2. The van der Waals surface area contributed by atoms with Crippen molar-refractivity contribution < 1.29 is 9.53 Å². The van der Waals surface area contributed by atoms with Gasteiger partial charge < -0.3 is 15.0 Å². The number of hydrogen-bond acceptors (Lipinski definition) is 5. The molecule has 0 unspecified atom stereocenters. The number of piperazine rings is 1. The molecule has 3 rings (SSSR count). The van der Waals surface area contributed by atoms with Crippen molar-refractivity contribution >= 4 is 17.3 Å². The summed E-state index contributed by atoms with van der Waals surface area (Å²) in [6.45, 7) is 4.37. The first-order valence-electron chi connectivity index (χ1n) is 9.10. The zero-order chi connectivity index (χ0) is 19.1. The number of methoxy groups -OCH3 is 1. The molecule has 2 aromatic rings. The molecule has 0 bridgehead atoms. The summed E-state index contributed by atoms with van der Waals surface area (Å²) in [6.07, 6.45) is 0.436. The van der Waals surface area contributed by atoms with E-state index in [1.54, 1.807) is 31.4 Å². The van der Waals surface area contributed by atoms with Crippen LogP contribution in [0.2, 0.25) is 0 Å². The van der Waals surface area contributed by atoms with Crippen LogP contribution in [0.15, 0.2) is 48.5 Å². The third kappa shape index (κ3) is 4.99. The number of nitriles is 1. The van der Waals surface area contributed by atoms with Gasteiger partial charge in [0.05, 0.1) is 24.4 Å². The van der Waals surface area contributed by atoms with Gasteiger partial charge >= 0.3 is 0 Å². The van der Waals surface area contributed by atoms with E-state index < -0.39 is 0 Å². The Balaban J connectivity index is 1.45. The summed E-state index contributed by atoms with van der Waals surface area (Å²) in [5, 5.41) is 11.8. The summed E-state index contributed by atoms with van der Waals surface area (Å²) in [6, 6.07) is 17.1. The molecule has 1 amide bonds. The highest BCUT2D eigenvalue weighted by atomic mass is 16.5.